The molecule has 1 aromatic heterocycles. The smallest absolute Gasteiger partial charge is 0.247 e. The molecular weight excluding hydrogens is 399 g/mol. The summed E-state index contributed by atoms with van der Waals surface area (Å²) in [6, 6.07) is 10.6. The van der Waals surface area contributed by atoms with Gasteiger partial charge < -0.3 is 14.0 Å². The van der Waals surface area contributed by atoms with Gasteiger partial charge in [0.25, 0.3) is 0 Å². The fraction of sp³-hybridized carbons (Fsp3) is 0.250. The van der Waals surface area contributed by atoms with E-state index in [1.807, 2.05) is 0 Å². The highest BCUT2D eigenvalue weighted by Gasteiger charge is 2.34. The molecule has 9 heteroatoms. The third-order valence-corrected chi connectivity index (χ3v) is 6.77. The van der Waals surface area contributed by atoms with Crippen LogP contribution in [-0.4, -0.2) is 38.6 Å². The first kappa shape index (κ1) is 19.4. The van der Waals surface area contributed by atoms with Crippen molar-refractivity contribution in [1.82, 2.24) is 9.46 Å². The summed E-state index contributed by atoms with van der Waals surface area (Å²) in [6.07, 6.45) is 0.428. The molecule has 0 saturated carbocycles. The number of nitrogens with zero attached hydrogens (tertiary/aromatic N) is 2. The van der Waals surface area contributed by atoms with E-state index in [-0.39, 0.29) is 29.6 Å². The molecule has 0 bridgehead atoms. The lowest BCUT2D eigenvalue weighted by molar-refractivity contribution is 0.362. The van der Waals surface area contributed by atoms with Gasteiger partial charge in [0.15, 0.2) is 5.76 Å². The summed E-state index contributed by atoms with van der Waals surface area (Å²) in [5.74, 6) is 0.855. The van der Waals surface area contributed by atoms with Crippen LogP contribution in [-0.2, 0) is 23.0 Å². The van der Waals surface area contributed by atoms with Crippen LogP contribution in [0.5, 0.6) is 11.5 Å². The van der Waals surface area contributed by atoms with Crippen molar-refractivity contribution in [2.24, 2.45) is 0 Å². The van der Waals surface area contributed by atoms with Gasteiger partial charge in [0, 0.05) is 23.7 Å². The summed E-state index contributed by atoms with van der Waals surface area (Å²) in [6.45, 7) is 0.327. The molecule has 3 aromatic rings. The van der Waals surface area contributed by atoms with Crippen LogP contribution in [0.1, 0.15) is 11.3 Å². The number of sulfonamides is 1. The van der Waals surface area contributed by atoms with Gasteiger partial charge in [-0.15, -0.1) is 0 Å². The van der Waals surface area contributed by atoms with Crippen LogP contribution in [0.15, 0.2) is 51.9 Å². The average molecular weight is 418 g/mol. The topological polar surface area (TPSA) is 81.9 Å². The molecule has 0 radical (unpaired) electrons. The molecule has 2 aromatic carbocycles. The van der Waals surface area contributed by atoms with Gasteiger partial charge in [-0.25, -0.2) is 12.8 Å². The lowest BCUT2D eigenvalue weighted by Crippen LogP contribution is -2.36. The van der Waals surface area contributed by atoms with Crippen molar-refractivity contribution in [2.45, 2.75) is 17.9 Å². The zero-order valence-electron chi connectivity index (χ0n) is 15.9. The molecule has 0 spiro atoms. The zero-order valence-corrected chi connectivity index (χ0v) is 16.7. The van der Waals surface area contributed by atoms with E-state index in [0.29, 0.717) is 29.2 Å². The Kier molecular flexibility index (Phi) is 5.01. The predicted octanol–water partition coefficient (Wildman–Crippen LogP) is 3.24. The molecule has 0 amide bonds. The SMILES string of the molecule is COc1ccc(OC)c(S(=O)(=O)N2CCc3c(noc3-c3ccc(F)cc3)C2)c1. The highest BCUT2D eigenvalue weighted by Crippen LogP contribution is 2.35. The van der Waals surface area contributed by atoms with Crippen molar-refractivity contribution in [2.75, 3.05) is 20.8 Å². The van der Waals surface area contributed by atoms with Gasteiger partial charge in [0.2, 0.25) is 10.0 Å². The second-order valence-corrected chi connectivity index (χ2v) is 8.46. The van der Waals surface area contributed by atoms with E-state index in [4.69, 9.17) is 14.0 Å². The van der Waals surface area contributed by atoms with Gasteiger partial charge in [-0.1, -0.05) is 5.16 Å². The first-order valence-electron chi connectivity index (χ1n) is 8.89. The number of halogens is 1. The number of ether oxygens (including phenoxy) is 2. The number of methoxy groups -OCH3 is 2. The summed E-state index contributed by atoms with van der Waals surface area (Å²) < 4.78 is 56.9. The highest BCUT2D eigenvalue weighted by molar-refractivity contribution is 7.89. The van der Waals surface area contributed by atoms with Gasteiger partial charge in [-0.2, -0.15) is 4.31 Å². The maximum Gasteiger partial charge on any atom is 0.247 e. The Morgan fingerprint density at radius 2 is 1.86 bits per heavy atom. The van der Waals surface area contributed by atoms with E-state index in [1.54, 1.807) is 24.3 Å². The summed E-state index contributed by atoms with van der Waals surface area (Å²) in [4.78, 5) is 0.0325. The lowest BCUT2D eigenvalue weighted by atomic mass is 10.0. The third-order valence-electron chi connectivity index (χ3n) is 4.90. The van der Waals surface area contributed by atoms with Gasteiger partial charge in [-0.3, -0.25) is 0 Å². The molecule has 0 atom stereocenters. The Bertz CT molecular complexity index is 1140. The zero-order chi connectivity index (χ0) is 20.6. The van der Waals surface area contributed by atoms with Crippen molar-refractivity contribution >= 4 is 10.0 Å². The van der Waals surface area contributed by atoms with E-state index in [9.17, 15) is 12.8 Å². The molecule has 152 valence electrons. The van der Waals surface area contributed by atoms with E-state index in [2.05, 4.69) is 5.16 Å². The maximum absolute atomic E-state index is 13.2. The Morgan fingerprint density at radius 1 is 1.10 bits per heavy atom. The van der Waals surface area contributed by atoms with Crippen LogP contribution in [0.25, 0.3) is 11.3 Å². The summed E-state index contributed by atoms with van der Waals surface area (Å²) in [5.41, 5.74) is 2.08. The maximum atomic E-state index is 13.2. The Morgan fingerprint density at radius 3 is 2.55 bits per heavy atom. The van der Waals surface area contributed by atoms with Crippen molar-refractivity contribution < 1.29 is 26.8 Å². The van der Waals surface area contributed by atoms with Gasteiger partial charge in [0.1, 0.15) is 27.9 Å². The molecule has 0 aliphatic carbocycles. The molecule has 4 rings (SSSR count). The van der Waals surface area contributed by atoms with Gasteiger partial charge in [-0.05, 0) is 42.8 Å². The Hall–Kier alpha value is -2.91. The van der Waals surface area contributed by atoms with Crippen molar-refractivity contribution in [3.8, 4) is 22.8 Å². The quantitative estimate of drug-likeness (QED) is 0.633. The minimum atomic E-state index is -3.84. The summed E-state index contributed by atoms with van der Waals surface area (Å²) in [7, 11) is -0.956. The summed E-state index contributed by atoms with van der Waals surface area (Å²) >= 11 is 0. The molecule has 2 heterocycles. The minimum Gasteiger partial charge on any atom is -0.497 e. The summed E-state index contributed by atoms with van der Waals surface area (Å²) in [5, 5.41) is 4.06. The van der Waals surface area contributed by atoms with Crippen LogP contribution < -0.4 is 9.47 Å². The number of hydrogen-bond donors (Lipinski definition) is 0. The van der Waals surface area contributed by atoms with Gasteiger partial charge >= 0.3 is 0 Å². The normalized spacial score (nSPS) is 14.4. The van der Waals surface area contributed by atoms with Crippen molar-refractivity contribution in [3.63, 3.8) is 0 Å². The highest BCUT2D eigenvalue weighted by atomic mass is 32.2. The Labute approximate surface area is 167 Å². The molecular formula is C20H19FN2O5S. The fourth-order valence-electron chi connectivity index (χ4n) is 3.36. The lowest BCUT2D eigenvalue weighted by Gasteiger charge is -2.26. The largest absolute Gasteiger partial charge is 0.497 e. The second kappa shape index (κ2) is 7.49. The number of fused-ring (bicyclic) bond motifs is 1. The van der Waals surface area contributed by atoms with Crippen LogP contribution >= 0.6 is 0 Å². The third kappa shape index (κ3) is 3.47. The van der Waals surface area contributed by atoms with Crippen molar-refractivity contribution in [1.29, 1.82) is 0 Å². The Balaban J connectivity index is 1.66. The average Bonchev–Trinajstić information content (AvgIpc) is 3.17. The van der Waals surface area contributed by atoms with E-state index < -0.39 is 10.0 Å². The first-order valence-corrected chi connectivity index (χ1v) is 10.3. The molecule has 29 heavy (non-hydrogen) atoms. The standard InChI is InChI=1S/C20H19FN2O5S/c1-26-15-7-8-18(27-2)19(11-15)29(24,25)23-10-9-16-17(12-23)22-28-20(16)13-3-5-14(21)6-4-13/h3-8,11H,9-10,12H2,1-2H3. The van der Waals surface area contributed by atoms with Crippen LogP contribution in [0.2, 0.25) is 0 Å². The molecule has 1 aliphatic rings. The molecule has 0 N–H and O–H groups in total. The van der Waals surface area contributed by atoms with Crippen LogP contribution in [0.3, 0.4) is 0 Å². The van der Waals surface area contributed by atoms with E-state index >= 15 is 0 Å². The molecule has 1 aliphatic heterocycles. The van der Waals surface area contributed by atoms with E-state index in [0.717, 1.165) is 5.56 Å². The molecule has 0 unspecified atom stereocenters. The van der Waals surface area contributed by atoms with Gasteiger partial charge in [0.05, 0.1) is 20.8 Å². The second-order valence-electron chi connectivity index (χ2n) is 6.55. The molecule has 0 saturated heterocycles. The first-order chi connectivity index (χ1) is 13.9. The van der Waals surface area contributed by atoms with Crippen LogP contribution in [0, 0.1) is 5.82 Å². The fourth-order valence-corrected chi connectivity index (χ4v) is 4.94. The number of rotatable bonds is 5. The minimum absolute atomic E-state index is 0.0325. The van der Waals surface area contributed by atoms with Crippen molar-refractivity contribution in [3.05, 3.63) is 59.5 Å². The number of hydrogen-bond acceptors (Lipinski definition) is 6. The number of benzene rings is 2. The molecule has 0 fully saturated rings. The monoisotopic (exact) mass is 418 g/mol. The predicted molar refractivity (Wildman–Crippen MR) is 103 cm³/mol. The van der Waals surface area contributed by atoms with E-state index in [1.165, 1.54) is 36.7 Å². The number of aromatic nitrogens is 1. The molecule has 7 nitrogen and oxygen atoms in total. The van der Waals surface area contributed by atoms with Crippen LogP contribution in [0.4, 0.5) is 4.39 Å².